The first-order valence-corrected chi connectivity index (χ1v) is 7.50. The summed E-state index contributed by atoms with van der Waals surface area (Å²) in [6.45, 7) is 0.212. The van der Waals surface area contributed by atoms with Crippen LogP contribution in [0.25, 0.3) is 4.96 Å². The van der Waals surface area contributed by atoms with Gasteiger partial charge in [-0.15, -0.1) is 11.3 Å². The molecule has 0 amide bonds. The van der Waals surface area contributed by atoms with Gasteiger partial charge >= 0.3 is 5.97 Å². The van der Waals surface area contributed by atoms with Gasteiger partial charge < -0.3 is 10.5 Å². The molecule has 6 heteroatoms. The van der Waals surface area contributed by atoms with Gasteiger partial charge in [0.05, 0.1) is 5.69 Å². The van der Waals surface area contributed by atoms with Crippen molar-refractivity contribution in [1.29, 1.82) is 0 Å². The molecule has 0 saturated heterocycles. The summed E-state index contributed by atoms with van der Waals surface area (Å²) in [5, 5.41) is 1.96. The molecule has 21 heavy (non-hydrogen) atoms. The lowest BCUT2D eigenvalue weighted by molar-refractivity contribution is -0.145. The second kappa shape index (κ2) is 5.97. The number of anilines is 1. The normalized spacial score (nSPS) is 10.9. The number of aryl methyl sites for hydroxylation is 1. The number of nitrogens with zero attached hydrogens (tertiary/aromatic N) is 2. The van der Waals surface area contributed by atoms with E-state index < -0.39 is 0 Å². The van der Waals surface area contributed by atoms with Crippen LogP contribution in [0.2, 0.25) is 0 Å². The molecule has 2 aromatic heterocycles. The third-order valence-electron chi connectivity index (χ3n) is 3.09. The van der Waals surface area contributed by atoms with Crippen molar-refractivity contribution in [3.8, 4) is 0 Å². The van der Waals surface area contributed by atoms with E-state index >= 15 is 0 Å². The Bertz CT molecular complexity index is 734. The highest BCUT2D eigenvalue weighted by atomic mass is 32.1. The highest BCUT2D eigenvalue weighted by molar-refractivity contribution is 7.15. The number of nitrogens with two attached hydrogens (primary N) is 1. The van der Waals surface area contributed by atoms with E-state index in [2.05, 4.69) is 4.98 Å². The number of carbonyl (C=O) groups excluding carboxylic acids is 1. The van der Waals surface area contributed by atoms with Crippen LogP contribution >= 0.6 is 11.3 Å². The Morgan fingerprint density at radius 2 is 2.33 bits per heavy atom. The summed E-state index contributed by atoms with van der Waals surface area (Å²) < 4.78 is 7.15. The van der Waals surface area contributed by atoms with Gasteiger partial charge in [-0.3, -0.25) is 9.20 Å². The van der Waals surface area contributed by atoms with Crippen LogP contribution in [0.3, 0.4) is 0 Å². The van der Waals surface area contributed by atoms with Crippen LogP contribution in [-0.2, 0) is 22.6 Å². The Balaban J connectivity index is 1.49. The van der Waals surface area contributed by atoms with Gasteiger partial charge in [-0.25, -0.2) is 4.98 Å². The lowest BCUT2D eigenvalue weighted by Gasteiger charge is -2.04. The summed E-state index contributed by atoms with van der Waals surface area (Å²) in [6.07, 6.45) is 4.77. The van der Waals surface area contributed by atoms with Crippen LogP contribution in [0.4, 0.5) is 5.69 Å². The molecule has 0 radical (unpaired) electrons. The van der Waals surface area contributed by atoms with Gasteiger partial charge in [-0.1, -0.05) is 12.1 Å². The topological polar surface area (TPSA) is 69.6 Å². The first kappa shape index (κ1) is 13.6. The van der Waals surface area contributed by atoms with Crippen LogP contribution in [-0.4, -0.2) is 15.4 Å². The minimum Gasteiger partial charge on any atom is -0.459 e. The molecule has 0 aliphatic heterocycles. The number of thiazole rings is 1. The van der Waals surface area contributed by atoms with Crippen LogP contribution in [0.1, 0.15) is 17.7 Å². The summed E-state index contributed by atoms with van der Waals surface area (Å²) in [7, 11) is 0. The molecule has 0 unspecified atom stereocenters. The number of esters is 1. The van der Waals surface area contributed by atoms with Crippen molar-refractivity contribution in [3.63, 3.8) is 0 Å². The number of aromatic nitrogens is 2. The van der Waals surface area contributed by atoms with E-state index in [1.165, 1.54) is 0 Å². The summed E-state index contributed by atoms with van der Waals surface area (Å²) in [4.78, 5) is 17.0. The highest BCUT2D eigenvalue weighted by Gasteiger charge is 2.07. The summed E-state index contributed by atoms with van der Waals surface area (Å²) in [6, 6.07) is 7.53. The largest absolute Gasteiger partial charge is 0.459 e. The first-order chi connectivity index (χ1) is 10.2. The van der Waals surface area contributed by atoms with Crippen LogP contribution < -0.4 is 5.73 Å². The van der Waals surface area contributed by atoms with Crippen molar-refractivity contribution in [2.24, 2.45) is 0 Å². The summed E-state index contributed by atoms with van der Waals surface area (Å²) in [5.74, 6) is -0.228. The average molecular weight is 301 g/mol. The highest BCUT2D eigenvalue weighted by Crippen LogP contribution is 2.13. The van der Waals surface area contributed by atoms with Gasteiger partial charge in [-0.05, 0) is 24.1 Å². The zero-order valence-electron chi connectivity index (χ0n) is 11.4. The van der Waals surface area contributed by atoms with Gasteiger partial charge in [-0.2, -0.15) is 0 Å². The molecule has 0 spiro atoms. The Labute approximate surface area is 126 Å². The minimum absolute atomic E-state index is 0.212. The molecular weight excluding hydrogens is 286 g/mol. The van der Waals surface area contributed by atoms with Crippen molar-refractivity contribution in [1.82, 2.24) is 9.38 Å². The fourth-order valence-corrected chi connectivity index (χ4v) is 2.79. The maximum absolute atomic E-state index is 11.7. The zero-order chi connectivity index (χ0) is 14.7. The number of hydrogen-bond acceptors (Lipinski definition) is 5. The van der Waals surface area contributed by atoms with Crippen molar-refractivity contribution in [2.75, 3.05) is 5.73 Å². The third kappa shape index (κ3) is 3.41. The first-order valence-electron chi connectivity index (χ1n) is 6.62. The maximum atomic E-state index is 11.7. The van der Waals surface area contributed by atoms with Crippen LogP contribution in [0.5, 0.6) is 0 Å². The maximum Gasteiger partial charge on any atom is 0.306 e. The minimum atomic E-state index is -0.228. The summed E-state index contributed by atoms with van der Waals surface area (Å²) in [5.41, 5.74) is 8.21. The lowest BCUT2D eigenvalue weighted by Crippen LogP contribution is -2.06. The Hall–Kier alpha value is -2.34. The molecule has 1 aromatic carbocycles. The molecule has 2 heterocycles. The summed E-state index contributed by atoms with van der Waals surface area (Å²) >= 11 is 1.55. The zero-order valence-corrected chi connectivity index (χ0v) is 12.2. The van der Waals surface area contributed by atoms with Gasteiger partial charge in [0.1, 0.15) is 6.61 Å². The van der Waals surface area contributed by atoms with Crippen molar-refractivity contribution in [3.05, 3.63) is 53.3 Å². The number of fused-ring (bicyclic) bond motifs is 1. The van der Waals surface area contributed by atoms with E-state index in [4.69, 9.17) is 10.5 Å². The Morgan fingerprint density at radius 3 is 3.14 bits per heavy atom. The molecule has 0 atom stereocenters. The fourth-order valence-electron chi connectivity index (χ4n) is 2.07. The van der Waals surface area contributed by atoms with Crippen LogP contribution in [0, 0.1) is 0 Å². The molecule has 0 bridgehead atoms. The average Bonchev–Trinajstić information content (AvgIpc) is 3.04. The molecule has 0 aliphatic rings. The van der Waals surface area contributed by atoms with E-state index in [9.17, 15) is 4.79 Å². The van der Waals surface area contributed by atoms with E-state index in [-0.39, 0.29) is 12.6 Å². The van der Waals surface area contributed by atoms with Crippen LogP contribution in [0.15, 0.2) is 42.0 Å². The van der Waals surface area contributed by atoms with E-state index in [1.54, 1.807) is 11.3 Å². The molecule has 108 valence electrons. The van der Waals surface area contributed by atoms with Gasteiger partial charge in [0.25, 0.3) is 0 Å². The number of carbonyl (C=O) groups is 1. The number of nitrogen functional groups attached to an aromatic ring is 1. The fraction of sp³-hybridized carbons (Fsp3) is 0.200. The molecule has 5 nitrogen and oxygen atoms in total. The predicted octanol–water partition coefficient (Wildman–Crippen LogP) is 2.65. The monoisotopic (exact) mass is 301 g/mol. The number of imidazole rings is 1. The molecular formula is C15H15N3O2S. The smallest absolute Gasteiger partial charge is 0.306 e. The van der Waals surface area contributed by atoms with Gasteiger partial charge in [0, 0.05) is 29.9 Å². The number of hydrogen-bond donors (Lipinski definition) is 1. The Morgan fingerprint density at radius 1 is 1.43 bits per heavy atom. The van der Waals surface area contributed by atoms with E-state index in [1.807, 2.05) is 46.4 Å². The van der Waals surface area contributed by atoms with Crippen molar-refractivity contribution in [2.45, 2.75) is 19.4 Å². The molecule has 0 aliphatic carbocycles. The molecule has 0 saturated carbocycles. The van der Waals surface area contributed by atoms with Gasteiger partial charge in [0.2, 0.25) is 0 Å². The van der Waals surface area contributed by atoms with Crippen molar-refractivity contribution < 1.29 is 9.53 Å². The van der Waals surface area contributed by atoms with E-state index in [0.29, 0.717) is 18.5 Å². The quantitative estimate of drug-likeness (QED) is 0.581. The van der Waals surface area contributed by atoms with Crippen molar-refractivity contribution >= 4 is 28.0 Å². The molecule has 3 aromatic rings. The standard InChI is InChI=1S/C15H15N3O2S/c16-12-3-1-2-11(8-12)4-5-14(19)20-10-13-9-18-6-7-21-15(18)17-13/h1-3,6-9H,4-5,10,16H2. The SMILES string of the molecule is Nc1cccc(CCC(=O)OCc2cn3ccsc3n2)c1. The Kier molecular flexibility index (Phi) is 3.87. The molecule has 0 fully saturated rings. The molecule has 2 N–H and O–H groups in total. The second-order valence-electron chi connectivity index (χ2n) is 4.73. The number of rotatable bonds is 5. The number of benzene rings is 1. The second-order valence-corrected chi connectivity index (χ2v) is 5.60. The molecule has 3 rings (SSSR count). The van der Waals surface area contributed by atoms with Gasteiger partial charge in [0.15, 0.2) is 4.96 Å². The lowest BCUT2D eigenvalue weighted by atomic mass is 10.1. The third-order valence-corrected chi connectivity index (χ3v) is 3.86. The number of ether oxygens (including phenoxy) is 1. The predicted molar refractivity (Wildman–Crippen MR) is 82.0 cm³/mol. The van der Waals surface area contributed by atoms with E-state index in [0.717, 1.165) is 16.2 Å².